The lowest BCUT2D eigenvalue weighted by molar-refractivity contribution is -0.145. The summed E-state index contributed by atoms with van der Waals surface area (Å²) in [5.74, 6) is -1.31. The molecule has 5 atom stereocenters. The third-order valence-corrected chi connectivity index (χ3v) is 10.4. The lowest BCUT2D eigenvalue weighted by Gasteiger charge is -2.37. The molecule has 2 fully saturated rings. The molecule has 1 N–H and O–H groups in total. The Morgan fingerprint density at radius 3 is 2.39 bits per heavy atom. The minimum atomic E-state index is -0.802. The lowest BCUT2D eigenvalue weighted by Crippen LogP contribution is -2.54. The van der Waals surface area contributed by atoms with Crippen molar-refractivity contribution in [1.29, 1.82) is 0 Å². The number of carbonyl (C=O) groups is 3. The number of aliphatic hydroxyl groups is 1. The van der Waals surface area contributed by atoms with Gasteiger partial charge in [-0.15, -0.1) is 11.8 Å². The van der Waals surface area contributed by atoms with Gasteiger partial charge in [-0.2, -0.15) is 0 Å². The predicted molar refractivity (Wildman–Crippen MR) is 149 cm³/mol. The van der Waals surface area contributed by atoms with E-state index in [4.69, 9.17) is 0 Å². The smallest absolute Gasteiger partial charge is 0.247 e. The summed E-state index contributed by atoms with van der Waals surface area (Å²) in [5.41, 5.74) is 1.05. The van der Waals surface area contributed by atoms with Gasteiger partial charge >= 0.3 is 0 Å². The quantitative estimate of drug-likeness (QED) is 0.407. The molecule has 4 heterocycles. The number of benzene rings is 1. The van der Waals surface area contributed by atoms with Crippen LogP contribution >= 0.6 is 11.8 Å². The van der Waals surface area contributed by atoms with Gasteiger partial charge in [-0.05, 0) is 45.6 Å². The molecule has 1 aromatic carbocycles. The van der Waals surface area contributed by atoms with Crippen LogP contribution in [-0.4, -0.2) is 85.3 Å². The van der Waals surface area contributed by atoms with Crippen LogP contribution in [0.1, 0.15) is 45.6 Å². The second-order valence-electron chi connectivity index (χ2n) is 11.4. The van der Waals surface area contributed by atoms with E-state index in [1.165, 1.54) is 0 Å². The predicted octanol–water partition coefficient (Wildman–Crippen LogP) is 3.24. The van der Waals surface area contributed by atoms with Gasteiger partial charge in [0.1, 0.15) is 6.04 Å². The molecule has 4 aliphatic heterocycles. The highest BCUT2D eigenvalue weighted by Crippen LogP contribution is 2.65. The number of nitrogens with zero attached hydrogens (tertiary/aromatic N) is 3. The number of fused-ring (bicyclic) bond motifs is 2. The van der Waals surface area contributed by atoms with E-state index in [1.54, 1.807) is 16.7 Å². The third kappa shape index (κ3) is 4.39. The van der Waals surface area contributed by atoms with Crippen molar-refractivity contribution >= 4 is 29.5 Å². The summed E-state index contributed by atoms with van der Waals surface area (Å²) in [5, 5.41) is 9.24. The first-order valence-electron chi connectivity index (χ1n) is 13.8. The Hall–Kier alpha value is -2.58. The average molecular weight is 538 g/mol. The highest BCUT2D eigenvalue weighted by atomic mass is 32.2. The summed E-state index contributed by atoms with van der Waals surface area (Å²) in [4.78, 5) is 48.2. The summed E-state index contributed by atoms with van der Waals surface area (Å²) in [6.07, 6.45) is 10.4. The molecule has 204 valence electrons. The molecule has 2 saturated heterocycles. The van der Waals surface area contributed by atoms with Crippen molar-refractivity contribution in [3.05, 3.63) is 60.2 Å². The van der Waals surface area contributed by atoms with Crippen molar-refractivity contribution < 1.29 is 19.5 Å². The van der Waals surface area contributed by atoms with E-state index in [2.05, 4.69) is 25.2 Å². The molecule has 1 spiro atoms. The van der Waals surface area contributed by atoms with Crippen molar-refractivity contribution in [3.63, 3.8) is 0 Å². The molecule has 5 rings (SSSR count). The molecule has 38 heavy (non-hydrogen) atoms. The summed E-state index contributed by atoms with van der Waals surface area (Å²) >= 11 is 1.64. The number of thioether (sulfide) groups is 1. The van der Waals surface area contributed by atoms with E-state index < -0.39 is 27.4 Å². The van der Waals surface area contributed by atoms with Crippen LogP contribution in [0.5, 0.6) is 0 Å². The van der Waals surface area contributed by atoms with Gasteiger partial charge in [-0.25, -0.2) is 0 Å². The Morgan fingerprint density at radius 2 is 1.68 bits per heavy atom. The Kier molecular flexibility index (Phi) is 7.48. The zero-order chi connectivity index (χ0) is 27.1. The van der Waals surface area contributed by atoms with E-state index in [0.717, 1.165) is 12.0 Å². The molecule has 1 aromatic rings. The monoisotopic (exact) mass is 537 g/mol. The molecule has 0 radical (unpaired) electrons. The van der Waals surface area contributed by atoms with Crippen molar-refractivity contribution in [2.24, 2.45) is 11.8 Å². The molecular formula is C30H39N3O4S. The minimum Gasteiger partial charge on any atom is -0.396 e. The first kappa shape index (κ1) is 27.0. The Bertz CT molecular complexity index is 1140. The maximum absolute atomic E-state index is 14.3. The highest BCUT2D eigenvalue weighted by Gasteiger charge is 2.73. The molecule has 3 amide bonds. The fraction of sp³-hybridized carbons (Fsp3) is 0.567. The summed E-state index contributed by atoms with van der Waals surface area (Å²) in [7, 11) is 0. The van der Waals surface area contributed by atoms with Gasteiger partial charge in [0.25, 0.3) is 0 Å². The summed E-state index contributed by atoms with van der Waals surface area (Å²) in [6.45, 7) is 8.12. The molecule has 0 bridgehead atoms. The SMILES string of the molecule is CC(C)N1CC=C[C@]23S[C@]4(C)C=CCN(Cc5ccccc5)C(=O)[C@@H]4[C@H]2C(=O)N(CCCCCO)C3C1=O. The minimum absolute atomic E-state index is 0.00282. The molecule has 7 nitrogen and oxygen atoms in total. The van der Waals surface area contributed by atoms with Crippen LogP contribution < -0.4 is 0 Å². The molecule has 0 aliphatic carbocycles. The van der Waals surface area contributed by atoms with Crippen molar-refractivity contribution in [1.82, 2.24) is 14.7 Å². The van der Waals surface area contributed by atoms with E-state index in [0.29, 0.717) is 39.0 Å². The largest absolute Gasteiger partial charge is 0.396 e. The van der Waals surface area contributed by atoms with Gasteiger partial charge in [0.2, 0.25) is 17.7 Å². The van der Waals surface area contributed by atoms with Crippen molar-refractivity contribution in [3.8, 4) is 0 Å². The van der Waals surface area contributed by atoms with Crippen molar-refractivity contribution in [2.75, 3.05) is 26.2 Å². The van der Waals surface area contributed by atoms with Gasteiger partial charge < -0.3 is 19.8 Å². The van der Waals surface area contributed by atoms with E-state index in [9.17, 15) is 19.5 Å². The first-order chi connectivity index (χ1) is 18.2. The van der Waals surface area contributed by atoms with Crippen LogP contribution in [0, 0.1) is 11.8 Å². The fourth-order valence-corrected chi connectivity index (χ4v) is 8.97. The van der Waals surface area contributed by atoms with Crippen LogP contribution in [0.3, 0.4) is 0 Å². The lowest BCUT2D eigenvalue weighted by atomic mass is 9.74. The standard InChI is InChI=1S/C30H39N3O4S/c1-21(2)32-18-11-15-30-24(27(36)33(25(30)28(32)37)17-8-5-9-19-34)23-26(35)31(16-10-14-29(23,3)38-30)20-22-12-6-4-7-13-22/h4,6-7,10-15,21,23-25,34H,5,8-9,16-20H2,1-3H3/t23-,24-,25?,29+,30-/m0/s1. The second-order valence-corrected chi connectivity index (χ2v) is 13.2. The van der Waals surface area contributed by atoms with Gasteiger partial charge in [0, 0.05) is 43.6 Å². The zero-order valence-electron chi connectivity index (χ0n) is 22.6. The normalized spacial score (nSPS) is 32.5. The maximum atomic E-state index is 14.3. The number of likely N-dealkylation sites (tertiary alicyclic amines) is 1. The van der Waals surface area contributed by atoms with E-state index >= 15 is 0 Å². The number of amides is 3. The number of carbonyl (C=O) groups excluding carboxylic acids is 3. The molecule has 4 aliphatic rings. The highest BCUT2D eigenvalue weighted by molar-refractivity contribution is 8.02. The van der Waals surface area contributed by atoms with Gasteiger partial charge in [0.15, 0.2) is 0 Å². The Balaban J connectivity index is 1.55. The van der Waals surface area contributed by atoms with E-state index in [1.807, 2.05) is 60.1 Å². The number of unbranched alkanes of at least 4 members (excludes halogenated alkanes) is 2. The Labute approximate surface area is 229 Å². The van der Waals surface area contributed by atoms with Crippen LogP contribution in [0.4, 0.5) is 0 Å². The maximum Gasteiger partial charge on any atom is 0.247 e. The third-order valence-electron chi connectivity index (χ3n) is 8.57. The van der Waals surface area contributed by atoms with Crippen molar-refractivity contribution in [2.45, 2.75) is 68.2 Å². The number of aliphatic hydroxyl groups excluding tert-OH is 1. The number of hydrogen-bond donors (Lipinski definition) is 1. The topological polar surface area (TPSA) is 81.2 Å². The van der Waals surface area contributed by atoms with Crippen LogP contribution in [0.25, 0.3) is 0 Å². The molecule has 0 saturated carbocycles. The number of hydrogen-bond acceptors (Lipinski definition) is 5. The van der Waals surface area contributed by atoms with Crippen LogP contribution in [0.15, 0.2) is 54.6 Å². The summed E-state index contributed by atoms with van der Waals surface area (Å²) in [6, 6.07) is 9.30. The van der Waals surface area contributed by atoms with Gasteiger partial charge in [-0.1, -0.05) is 54.6 Å². The summed E-state index contributed by atoms with van der Waals surface area (Å²) < 4.78 is -1.40. The Morgan fingerprint density at radius 1 is 0.947 bits per heavy atom. The van der Waals surface area contributed by atoms with Crippen LogP contribution in [0.2, 0.25) is 0 Å². The molecule has 1 unspecified atom stereocenters. The van der Waals surface area contributed by atoms with Gasteiger partial charge in [-0.3, -0.25) is 14.4 Å². The zero-order valence-corrected chi connectivity index (χ0v) is 23.4. The van der Waals surface area contributed by atoms with E-state index in [-0.39, 0.29) is 30.4 Å². The number of rotatable bonds is 8. The average Bonchev–Trinajstić information content (AvgIpc) is 3.15. The molecule has 0 aromatic heterocycles. The van der Waals surface area contributed by atoms with Gasteiger partial charge in [0.05, 0.1) is 16.6 Å². The second kappa shape index (κ2) is 10.5. The van der Waals surface area contributed by atoms with Crippen LogP contribution in [-0.2, 0) is 20.9 Å². The fourth-order valence-electron chi connectivity index (χ4n) is 6.81. The molecule has 8 heteroatoms. The first-order valence-corrected chi connectivity index (χ1v) is 14.7. The molecular weight excluding hydrogens is 498 g/mol.